The van der Waals surface area contributed by atoms with Crippen LogP contribution < -0.4 is 0 Å². The van der Waals surface area contributed by atoms with E-state index in [2.05, 4.69) is 39.5 Å². The maximum Gasteiger partial charge on any atom is 0.212 e. The highest BCUT2D eigenvalue weighted by Crippen LogP contribution is 2.39. The second kappa shape index (κ2) is 5.84. The fraction of sp³-hybridized carbons (Fsp3) is 0.875. The van der Waals surface area contributed by atoms with Gasteiger partial charge in [0, 0.05) is 31.8 Å². The number of ether oxygens (including phenoxy) is 2. The molecule has 2 aliphatic heterocycles. The van der Waals surface area contributed by atoms with Crippen molar-refractivity contribution in [2.45, 2.75) is 53.2 Å². The molecule has 0 aliphatic carbocycles. The fourth-order valence-electron chi connectivity index (χ4n) is 2.97. The average Bonchev–Trinajstić information content (AvgIpc) is 2.39. The minimum absolute atomic E-state index is 0.344. The van der Waals surface area contributed by atoms with Crippen molar-refractivity contribution in [2.24, 2.45) is 11.8 Å². The van der Waals surface area contributed by atoms with E-state index in [4.69, 9.17) is 9.47 Å². The molecule has 0 N–H and O–H groups in total. The lowest BCUT2D eigenvalue weighted by Crippen LogP contribution is -2.50. The van der Waals surface area contributed by atoms with E-state index in [0.29, 0.717) is 11.8 Å². The molecule has 19 heavy (non-hydrogen) atoms. The van der Waals surface area contributed by atoms with Crippen LogP contribution in [0.4, 0.5) is 0 Å². The standard InChI is InChI=1S/C16H29NO2/c1-6-17-9-7-16(8-10-17)18-11-14(12(2)3)15(19-16)13(4)5/h12-13H,6-11H2,1-5H3. The van der Waals surface area contributed by atoms with Crippen LogP contribution in [-0.4, -0.2) is 36.9 Å². The number of hydrogen-bond donors (Lipinski definition) is 0. The van der Waals surface area contributed by atoms with Crippen LogP contribution in [0, 0.1) is 11.8 Å². The second-order valence-corrected chi connectivity index (χ2v) is 6.43. The zero-order chi connectivity index (χ0) is 14.0. The number of hydrogen-bond acceptors (Lipinski definition) is 3. The van der Waals surface area contributed by atoms with E-state index in [1.807, 2.05) is 0 Å². The Balaban J connectivity index is 2.13. The van der Waals surface area contributed by atoms with Gasteiger partial charge in [-0.3, -0.25) is 0 Å². The molecule has 0 radical (unpaired) electrons. The van der Waals surface area contributed by atoms with Crippen molar-refractivity contribution in [3.63, 3.8) is 0 Å². The van der Waals surface area contributed by atoms with Gasteiger partial charge < -0.3 is 14.4 Å². The maximum atomic E-state index is 6.37. The fourth-order valence-corrected chi connectivity index (χ4v) is 2.97. The van der Waals surface area contributed by atoms with Gasteiger partial charge in [0.1, 0.15) is 5.76 Å². The smallest absolute Gasteiger partial charge is 0.212 e. The van der Waals surface area contributed by atoms with Crippen LogP contribution in [0.15, 0.2) is 11.3 Å². The molecule has 0 bridgehead atoms. The van der Waals surface area contributed by atoms with Crippen LogP contribution in [0.25, 0.3) is 0 Å². The Morgan fingerprint density at radius 1 is 1.11 bits per heavy atom. The molecule has 3 nitrogen and oxygen atoms in total. The van der Waals surface area contributed by atoms with E-state index in [1.54, 1.807) is 0 Å². The van der Waals surface area contributed by atoms with Crippen LogP contribution >= 0.6 is 0 Å². The van der Waals surface area contributed by atoms with E-state index in [9.17, 15) is 0 Å². The van der Waals surface area contributed by atoms with E-state index in [1.165, 1.54) is 11.3 Å². The summed E-state index contributed by atoms with van der Waals surface area (Å²) in [5, 5.41) is 0. The summed E-state index contributed by atoms with van der Waals surface area (Å²) in [6.07, 6.45) is 1.98. The van der Waals surface area contributed by atoms with Gasteiger partial charge in [-0.1, -0.05) is 34.6 Å². The molecule has 110 valence electrons. The van der Waals surface area contributed by atoms with Crippen molar-refractivity contribution in [3.8, 4) is 0 Å². The van der Waals surface area contributed by atoms with Crippen molar-refractivity contribution in [3.05, 3.63) is 11.3 Å². The summed E-state index contributed by atoms with van der Waals surface area (Å²) in [6.45, 7) is 15.1. The lowest BCUT2D eigenvalue weighted by Gasteiger charge is -2.45. The molecule has 0 saturated carbocycles. The molecule has 0 aromatic carbocycles. The molecule has 2 rings (SSSR count). The van der Waals surface area contributed by atoms with Gasteiger partial charge in [-0.05, 0) is 18.0 Å². The molecule has 2 heterocycles. The van der Waals surface area contributed by atoms with Gasteiger partial charge >= 0.3 is 0 Å². The Labute approximate surface area is 117 Å². The van der Waals surface area contributed by atoms with Crippen LogP contribution in [0.2, 0.25) is 0 Å². The Morgan fingerprint density at radius 2 is 1.74 bits per heavy atom. The minimum Gasteiger partial charge on any atom is -0.466 e. The summed E-state index contributed by atoms with van der Waals surface area (Å²) in [5.74, 6) is 1.79. The number of allylic oxidation sites excluding steroid dienone is 1. The molecular formula is C16H29NO2. The summed E-state index contributed by atoms with van der Waals surface area (Å²) in [4.78, 5) is 2.47. The molecule has 2 aliphatic rings. The monoisotopic (exact) mass is 267 g/mol. The molecule has 0 atom stereocenters. The topological polar surface area (TPSA) is 21.7 Å². The first-order chi connectivity index (χ1) is 8.97. The summed E-state index contributed by atoms with van der Waals surface area (Å²) in [7, 11) is 0. The second-order valence-electron chi connectivity index (χ2n) is 6.43. The largest absolute Gasteiger partial charge is 0.466 e. The molecule has 1 spiro atoms. The molecule has 0 amide bonds. The van der Waals surface area contributed by atoms with E-state index in [-0.39, 0.29) is 5.79 Å². The predicted octanol–water partition coefficient (Wildman–Crippen LogP) is 3.41. The van der Waals surface area contributed by atoms with Gasteiger partial charge in [-0.25, -0.2) is 0 Å². The summed E-state index contributed by atoms with van der Waals surface area (Å²) in [6, 6.07) is 0. The minimum atomic E-state index is -0.344. The number of rotatable bonds is 3. The highest BCUT2D eigenvalue weighted by Gasteiger charge is 2.42. The zero-order valence-electron chi connectivity index (χ0n) is 13.2. The number of nitrogens with zero attached hydrogens (tertiary/aromatic N) is 1. The van der Waals surface area contributed by atoms with Crippen LogP contribution in [0.1, 0.15) is 47.5 Å². The van der Waals surface area contributed by atoms with Gasteiger partial charge in [0.25, 0.3) is 0 Å². The Bertz CT molecular complexity index is 339. The van der Waals surface area contributed by atoms with Crippen LogP contribution in [0.3, 0.4) is 0 Å². The third kappa shape index (κ3) is 3.14. The normalized spacial score (nSPS) is 24.4. The van der Waals surface area contributed by atoms with Crippen molar-refractivity contribution in [1.29, 1.82) is 0 Å². The van der Waals surface area contributed by atoms with Gasteiger partial charge in [0.2, 0.25) is 5.79 Å². The van der Waals surface area contributed by atoms with Crippen molar-refractivity contribution in [1.82, 2.24) is 4.90 Å². The molecule has 1 fully saturated rings. The first-order valence-electron chi connectivity index (χ1n) is 7.75. The molecule has 0 aromatic heterocycles. The highest BCUT2D eigenvalue weighted by molar-refractivity contribution is 5.16. The van der Waals surface area contributed by atoms with Gasteiger partial charge in [-0.15, -0.1) is 0 Å². The van der Waals surface area contributed by atoms with Crippen LogP contribution in [0.5, 0.6) is 0 Å². The molecule has 0 aromatic rings. The average molecular weight is 267 g/mol. The molecule has 1 saturated heterocycles. The lowest BCUT2D eigenvalue weighted by atomic mass is 9.94. The van der Waals surface area contributed by atoms with Crippen molar-refractivity contribution in [2.75, 3.05) is 26.2 Å². The zero-order valence-corrected chi connectivity index (χ0v) is 13.2. The van der Waals surface area contributed by atoms with Gasteiger partial charge in [-0.2, -0.15) is 0 Å². The third-order valence-electron chi connectivity index (χ3n) is 4.39. The molecular weight excluding hydrogens is 238 g/mol. The quantitative estimate of drug-likeness (QED) is 0.782. The summed E-state index contributed by atoms with van der Waals surface area (Å²) in [5.41, 5.74) is 1.35. The molecule has 3 heteroatoms. The van der Waals surface area contributed by atoms with Crippen molar-refractivity contribution < 1.29 is 9.47 Å². The number of piperidine rings is 1. The predicted molar refractivity (Wildman–Crippen MR) is 77.8 cm³/mol. The van der Waals surface area contributed by atoms with Crippen molar-refractivity contribution >= 4 is 0 Å². The number of likely N-dealkylation sites (tertiary alicyclic amines) is 1. The van der Waals surface area contributed by atoms with E-state index >= 15 is 0 Å². The van der Waals surface area contributed by atoms with E-state index in [0.717, 1.165) is 39.1 Å². The summed E-state index contributed by atoms with van der Waals surface area (Å²) >= 11 is 0. The first kappa shape index (κ1) is 14.9. The summed E-state index contributed by atoms with van der Waals surface area (Å²) < 4.78 is 12.5. The highest BCUT2D eigenvalue weighted by atomic mass is 16.7. The Morgan fingerprint density at radius 3 is 2.21 bits per heavy atom. The maximum absolute atomic E-state index is 6.37. The van der Waals surface area contributed by atoms with E-state index < -0.39 is 0 Å². The van der Waals surface area contributed by atoms with Gasteiger partial charge in [0.15, 0.2) is 0 Å². The molecule has 0 unspecified atom stereocenters. The first-order valence-corrected chi connectivity index (χ1v) is 7.75. The van der Waals surface area contributed by atoms with Crippen LogP contribution in [-0.2, 0) is 9.47 Å². The SMILES string of the molecule is CCN1CCC2(CC1)OCC(C(C)C)=C(C(C)C)O2. The lowest BCUT2D eigenvalue weighted by molar-refractivity contribution is -0.251. The Hall–Kier alpha value is -0.540. The van der Waals surface area contributed by atoms with Gasteiger partial charge in [0.05, 0.1) is 6.61 Å². The Kier molecular flexibility index (Phi) is 4.57. The third-order valence-corrected chi connectivity index (χ3v) is 4.39.